The van der Waals surface area contributed by atoms with Crippen molar-refractivity contribution >= 4 is 6.21 Å². The van der Waals surface area contributed by atoms with Crippen LogP contribution in [0.25, 0.3) is 11.1 Å². The first kappa shape index (κ1) is 10.4. The Morgan fingerprint density at radius 1 is 0.812 bits per heavy atom. The van der Waals surface area contributed by atoms with Gasteiger partial charge >= 0.3 is 0 Å². The van der Waals surface area contributed by atoms with E-state index in [9.17, 15) is 0 Å². The Morgan fingerprint density at radius 3 is 2.38 bits per heavy atom. The number of benzene rings is 2. The van der Waals surface area contributed by atoms with Gasteiger partial charge in [-0.2, -0.15) is 0 Å². The van der Waals surface area contributed by atoms with Crippen molar-refractivity contribution in [2.24, 2.45) is 5.16 Å². The van der Waals surface area contributed by atoms with Crippen molar-refractivity contribution < 1.29 is 10.3 Å². The minimum atomic E-state index is 0. The molecule has 1 aliphatic heterocycles. The van der Waals surface area contributed by atoms with Gasteiger partial charge in [0, 0.05) is 11.1 Å². The predicted molar refractivity (Wildman–Crippen MR) is 63.7 cm³/mol. The van der Waals surface area contributed by atoms with Gasteiger partial charge in [0.1, 0.15) is 0 Å². The summed E-state index contributed by atoms with van der Waals surface area (Å²) < 4.78 is 0. The zero-order chi connectivity index (χ0) is 10.1. The number of para-hydroxylation sites is 1. The molecule has 16 heavy (non-hydrogen) atoms. The maximum Gasteiger partial charge on any atom is 0.165 e. The van der Waals surface area contributed by atoms with E-state index in [-0.39, 0.29) is 5.48 Å². The van der Waals surface area contributed by atoms with Gasteiger partial charge in [-0.05, 0) is 11.6 Å². The molecule has 0 amide bonds. The van der Waals surface area contributed by atoms with Gasteiger partial charge < -0.3 is 10.3 Å². The summed E-state index contributed by atoms with van der Waals surface area (Å²) in [6, 6.07) is 16.1. The maximum atomic E-state index is 5.30. The molecule has 2 aromatic carbocycles. The van der Waals surface area contributed by atoms with E-state index >= 15 is 0 Å². The van der Waals surface area contributed by atoms with E-state index in [1.54, 1.807) is 6.21 Å². The smallest absolute Gasteiger partial charge is 0.165 e. The Hall–Kier alpha value is -2.13. The second-order valence-corrected chi connectivity index (χ2v) is 3.41. The van der Waals surface area contributed by atoms with Crippen molar-refractivity contribution in [3.05, 3.63) is 54.1 Å². The van der Waals surface area contributed by atoms with Crippen LogP contribution in [0.1, 0.15) is 5.56 Å². The lowest BCUT2D eigenvalue weighted by atomic mass is 10.00. The highest BCUT2D eigenvalue weighted by Gasteiger charge is 2.11. The van der Waals surface area contributed by atoms with Gasteiger partial charge in [0.2, 0.25) is 0 Å². The van der Waals surface area contributed by atoms with Crippen LogP contribution in [0.2, 0.25) is 0 Å². The van der Waals surface area contributed by atoms with Crippen LogP contribution in [-0.4, -0.2) is 11.7 Å². The molecule has 0 fully saturated rings. The first-order valence-electron chi connectivity index (χ1n) is 4.84. The van der Waals surface area contributed by atoms with Crippen molar-refractivity contribution in [3.8, 4) is 16.9 Å². The average Bonchev–Trinajstić information content (AvgIpc) is 2.48. The second kappa shape index (κ2) is 4.16. The summed E-state index contributed by atoms with van der Waals surface area (Å²) in [4.78, 5) is 5.30. The van der Waals surface area contributed by atoms with Gasteiger partial charge in [-0.3, -0.25) is 0 Å². The molecule has 0 bridgehead atoms. The molecule has 2 N–H and O–H groups in total. The van der Waals surface area contributed by atoms with Crippen LogP contribution < -0.4 is 4.84 Å². The average molecular weight is 213 g/mol. The fourth-order valence-corrected chi connectivity index (χ4v) is 1.76. The van der Waals surface area contributed by atoms with Crippen LogP contribution in [-0.2, 0) is 0 Å². The molecule has 0 unspecified atom stereocenters. The summed E-state index contributed by atoms with van der Waals surface area (Å²) in [6.45, 7) is 0. The third-order valence-electron chi connectivity index (χ3n) is 2.48. The number of hydrogen-bond acceptors (Lipinski definition) is 2. The third kappa shape index (κ3) is 1.57. The third-order valence-corrected chi connectivity index (χ3v) is 2.48. The molecule has 0 saturated heterocycles. The molecule has 1 aliphatic rings. The Balaban J connectivity index is 0.000000963. The highest BCUT2D eigenvalue weighted by molar-refractivity contribution is 5.92. The van der Waals surface area contributed by atoms with Crippen LogP contribution in [0.3, 0.4) is 0 Å². The summed E-state index contributed by atoms with van der Waals surface area (Å²) in [6.07, 6.45) is 1.75. The molecule has 0 radical (unpaired) electrons. The summed E-state index contributed by atoms with van der Waals surface area (Å²) in [5.74, 6) is 0.804. The minimum absolute atomic E-state index is 0. The van der Waals surface area contributed by atoms with Gasteiger partial charge in [0.25, 0.3) is 0 Å². The molecule has 2 aromatic rings. The van der Waals surface area contributed by atoms with Crippen molar-refractivity contribution in [1.82, 2.24) is 0 Å². The van der Waals surface area contributed by atoms with E-state index in [0.717, 1.165) is 22.4 Å². The van der Waals surface area contributed by atoms with Gasteiger partial charge in [0.15, 0.2) is 5.75 Å². The summed E-state index contributed by atoms with van der Waals surface area (Å²) in [7, 11) is 0. The van der Waals surface area contributed by atoms with Crippen molar-refractivity contribution in [3.63, 3.8) is 0 Å². The molecular weight excluding hydrogens is 202 g/mol. The Labute approximate surface area is 93.3 Å². The van der Waals surface area contributed by atoms with E-state index < -0.39 is 0 Å². The molecule has 3 rings (SSSR count). The molecular formula is C13H11NO2. The van der Waals surface area contributed by atoms with Gasteiger partial charge in [-0.25, -0.2) is 0 Å². The standard InChI is InChI=1S/C13H9NO.H2O/c1-2-6-11-10(5-1)9-14-15-13-8-4-3-7-12(11)13;/h1-9H;1H2. The van der Waals surface area contributed by atoms with Crippen molar-refractivity contribution in [1.29, 1.82) is 0 Å². The van der Waals surface area contributed by atoms with Crippen LogP contribution in [0.5, 0.6) is 5.75 Å². The lowest BCUT2D eigenvalue weighted by molar-refractivity contribution is 0.346. The molecule has 0 saturated carbocycles. The largest absolute Gasteiger partial charge is 0.412 e. The van der Waals surface area contributed by atoms with E-state index in [1.807, 2.05) is 42.5 Å². The Kier molecular flexibility index (Phi) is 2.70. The molecule has 0 spiro atoms. The maximum absolute atomic E-state index is 5.30. The molecule has 1 heterocycles. The van der Waals surface area contributed by atoms with E-state index in [1.165, 1.54) is 0 Å². The van der Waals surface area contributed by atoms with Gasteiger partial charge in [0.05, 0.1) is 6.21 Å². The lowest BCUT2D eigenvalue weighted by Crippen LogP contribution is -1.84. The molecule has 3 nitrogen and oxygen atoms in total. The number of rotatable bonds is 0. The van der Waals surface area contributed by atoms with Gasteiger partial charge in [-0.15, -0.1) is 0 Å². The predicted octanol–water partition coefficient (Wildman–Crippen LogP) is 2.26. The SMILES string of the molecule is C1=NOc2ccccc2-c2ccccc21.O. The molecule has 0 aliphatic carbocycles. The lowest BCUT2D eigenvalue weighted by Gasteiger charge is -2.05. The Morgan fingerprint density at radius 2 is 1.50 bits per heavy atom. The first-order valence-corrected chi connectivity index (χ1v) is 4.84. The summed E-state index contributed by atoms with van der Waals surface area (Å²) in [5.41, 5.74) is 3.34. The second-order valence-electron chi connectivity index (χ2n) is 3.41. The fourth-order valence-electron chi connectivity index (χ4n) is 1.76. The summed E-state index contributed by atoms with van der Waals surface area (Å²) >= 11 is 0. The van der Waals surface area contributed by atoms with E-state index in [0.29, 0.717) is 0 Å². The highest BCUT2D eigenvalue weighted by atomic mass is 16.6. The number of oxime groups is 1. The summed E-state index contributed by atoms with van der Waals surface area (Å²) in [5, 5.41) is 3.93. The zero-order valence-corrected chi connectivity index (χ0v) is 8.55. The molecule has 80 valence electrons. The fraction of sp³-hybridized carbons (Fsp3) is 0. The number of fused-ring (bicyclic) bond motifs is 3. The number of nitrogens with zero attached hydrogens (tertiary/aromatic N) is 1. The van der Waals surface area contributed by atoms with Crippen LogP contribution in [0.4, 0.5) is 0 Å². The Bertz CT molecular complexity index is 535. The molecule has 0 aromatic heterocycles. The molecule has 3 heteroatoms. The zero-order valence-electron chi connectivity index (χ0n) is 8.55. The van der Waals surface area contributed by atoms with Crippen LogP contribution in [0.15, 0.2) is 53.7 Å². The van der Waals surface area contributed by atoms with Crippen LogP contribution >= 0.6 is 0 Å². The normalized spacial score (nSPS) is 11.5. The minimum Gasteiger partial charge on any atom is -0.412 e. The first-order chi connectivity index (χ1) is 7.45. The van der Waals surface area contributed by atoms with Crippen LogP contribution in [0, 0.1) is 0 Å². The van der Waals surface area contributed by atoms with Crippen molar-refractivity contribution in [2.45, 2.75) is 0 Å². The van der Waals surface area contributed by atoms with E-state index in [2.05, 4.69) is 11.2 Å². The van der Waals surface area contributed by atoms with Gasteiger partial charge in [-0.1, -0.05) is 47.6 Å². The topological polar surface area (TPSA) is 53.1 Å². The van der Waals surface area contributed by atoms with Crippen molar-refractivity contribution in [2.75, 3.05) is 0 Å². The number of hydrogen-bond donors (Lipinski definition) is 0. The molecule has 0 atom stereocenters. The van der Waals surface area contributed by atoms with E-state index in [4.69, 9.17) is 4.84 Å². The highest BCUT2D eigenvalue weighted by Crippen LogP contribution is 2.33. The quantitative estimate of drug-likeness (QED) is 0.662. The monoisotopic (exact) mass is 213 g/mol.